The Morgan fingerprint density at radius 1 is 1.39 bits per heavy atom. The second-order valence-electron chi connectivity index (χ2n) is 3.85. The van der Waals surface area contributed by atoms with Gasteiger partial charge < -0.3 is 11.1 Å². The van der Waals surface area contributed by atoms with Gasteiger partial charge in [-0.2, -0.15) is 0 Å². The molecule has 0 saturated carbocycles. The SMILES string of the molecule is CCc1ccc(C(=O)Nc2cc(N)cc(F)c2)s1. The fourth-order valence-electron chi connectivity index (χ4n) is 1.57. The second-order valence-corrected chi connectivity index (χ2v) is 5.02. The van der Waals surface area contributed by atoms with Crippen molar-refractivity contribution in [3.05, 3.63) is 45.9 Å². The summed E-state index contributed by atoms with van der Waals surface area (Å²) in [6.45, 7) is 2.03. The van der Waals surface area contributed by atoms with Crippen LogP contribution in [0.3, 0.4) is 0 Å². The van der Waals surface area contributed by atoms with Gasteiger partial charge in [0.2, 0.25) is 0 Å². The molecule has 0 aliphatic heterocycles. The van der Waals surface area contributed by atoms with Gasteiger partial charge in [0, 0.05) is 16.3 Å². The molecule has 1 heterocycles. The van der Waals surface area contributed by atoms with Crippen molar-refractivity contribution >= 4 is 28.6 Å². The maximum Gasteiger partial charge on any atom is 0.265 e. The summed E-state index contributed by atoms with van der Waals surface area (Å²) in [5, 5.41) is 2.63. The van der Waals surface area contributed by atoms with Crippen LogP contribution in [-0.4, -0.2) is 5.91 Å². The number of nitrogens with two attached hydrogens (primary N) is 1. The van der Waals surface area contributed by atoms with Gasteiger partial charge in [-0.25, -0.2) is 4.39 Å². The summed E-state index contributed by atoms with van der Waals surface area (Å²) in [4.78, 5) is 13.6. The number of nitrogen functional groups attached to an aromatic ring is 1. The molecular weight excluding hydrogens is 251 g/mol. The van der Waals surface area contributed by atoms with Crippen molar-refractivity contribution < 1.29 is 9.18 Å². The van der Waals surface area contributed by atoms with Crippen LogP contribution in [0.4, 0.5) is 15.8 Å². The predicted molar refractivity (Wildman–Crippen MR) is 72.5 cm³/mol. The largest absolute Gasteiger partial charge is 0.399 e. The van der Waals surface area contributed by atoms with E-state index in [0.29, 0.717) is 10.6 Å². The molecule has 0 atom stereocenters. The van der Waals surface area contributed by atoms with E-state index in [2.05, 4.69) is 5.32 Å². The standard InChI is InChI=1S/C13H13FN2OS/c1-2-11-3-4-12(18-11)13(17)16-10-6-8(14)5-9(15)7-10/h3-7H,2,15H2,1H3,(H,16,17). The third-order valence-corrected chi connectivity index (χ3v) is 3.64. The zero-order valence-corrected chi connectivity index (χ0v) is 10.7. The number of hydrogen-bond acceptors (Lipinski definition) is 3. The Hall–Kier alpha value is -1.88. The van der Waals surface area contributed by atoms with Crippen LogP contribution in [-0.2, 0) is 6.42 Å². The van der Waals surface area contributed by atoms with Gasteiger partial charge in [0.25, 0.3) is 5.91 Å². The van der Waals surface area contributed by atoms with Crippen LogP contribution in [0.15, 0.2) is 30.3 Å². The van der Waals surface area contributed by atoms with E-state index in [4.69, 9.17) is 5.73 Å². The minimum absolute atomic E-state index is 0.246. The molecule has 1 amide bonds. The Kier molecular flexibility index (Phi) is 3.62. The summed E-state index contributed by atoms with van der Waals surface area (Å²) in [5.41, 5.74) is 6.16. The highest BCUT2D eigenvalue weighted by Crippen LogP contribution is 2.20. The Bertz CT molecular complexity index is 560. The van der Waals surface area contributed by atoms with Crippen molar-refractivity contribution in [1.29, 1.82) is 0 Å². The molecule has 0 spiro atoms. The highest BCUT2D eigenvalue weighted by Gasteiger charge is 2.09. The highest BCUT2D eigenvalue weighted by molar-refractivity contribution is 7.14. The number of thiophene rings is 1. The summed E-state index contributed by atoms with van der Waals surface area (Å²) < 4.78 is 13.1. The average molecular weight is 264 g/mol. The molecule has 2 aromatic rings. The van der Waals surface area contributed by atoms with Crippen molar-refractivity contribution in [3.8, 4) is 0 Å². The third-order valence-electron chi connectivity index (χ3n) is 2.41. The first kappa shape index (κ1) is 12.6. The first-order chi connectivity index (χ1) is 8.58. The molecular formula is C13H13FN2OS. The van der Waals surface area contributed by atoms with Gasteiger partial charge >= 0.3 is 0 Å². The topological polar surface area (TPSA) is 55.1 Å². The normalized spacial score (nSPS) is 10.3. The van der Waals surface area contributed by atoms with Crippen molar-refractivity contribution in [1.82, 2.24) is 0 Å². The van der Waals surface area contributed by atoms with Crippen LogP contribution >= 0.6 is 11.3 Å². The molecule has 0 fully saturated rings. The van der Waals surface area contributed by atoms with E-state index in [1.165, 1.54) is 29.5 Å². The Morgan fingerprint density at radius 2 is 2.17 bits per heavy atom. The first-order valence-corrected chi connectivity index (χ1v) is 6.36. The quantitative estimate of drug-likeness (QED) is 0.836. The number of halogens is 1. The van der Waals surface area contributed by atoms with Crippen LogP contribution in [0.5, 0.6) is 0 Å². The van der Waals surface area contributed by atoms with Crippen LogP contribution in [0.1, 0.15) is 21.5 Å². The lowest BCUT2D eigenvalue weighted by atomic mass is 10.2. The number of rotatable bonds is 3. The molecule has 0 radical (unpaired) electrons. The predicted octanol–water partition coefficient (Wildman–Crippen LogP) is 3.28. The summed E-state index contributed by atoms with van der Waals surface area (Å²) in [6, 6.07) is 7.65. The number of hydrogen-bond donors (Lipinski definition) is 2. The summed E-state index contributed by atoms with van der Waals surface area (Å²) >= 11 is 1.43. The van der Waals surface area contributed by atoms with Crippen LogP contribution in [0.2, 0.25) is 0 Å². The minimum atomic E-state index is -0.467. The van der Waals surface area contributed by atoms with E-state index in [1.807, 2.05) is 13.0 Å². The number of carbonyl (C=O) groups excluding carboxylic acids is 1. The maximum absolute atomic E-state index is 13.1. The average Bonchev–Trinajstić information content (AvgIpc) is 2.75. The van der Waals surface area contributed by atoms with Gasteiger partial charge in [-0.05, 0) is 36.8 Å². The van der Waals surface area contributed by atoms with E-state index >= 15 is 0 Å². The fraction of sp³-hybridized carbons (Fsp3) is 0.154. The Morgan fingerprint density at radius 3 is 2.78 bits per heavy atom. The summed E-state index contributed by atoms with van der Waals surface area (Å²) in [7, 11) is 0. The number of nitrogens with one attached hydrogen (secondary N) is 1. The summed E-state index contributed by atoms with van der Waals surface area (Å²) in [5.74, 6) is -0.713. The van der Waals surface area contributed by atoms with Gasteiger partial charge in [-0.15, -0.1) is 11.3 Å². The van der Waals surface area contributed by atoms with Gasteiger partial charge in [0.05, 0.1) is 4.88 Å². The molecule has 5 heteroatoms. The smallest absolute Gasteiger partial charge is 0.265 e. The van der Waals surface area contributed by atoms with Gasteiger partial charge in [-0.3, -0.25) is 4.79 Å². The van der Waals surface area contributed by atoms with E-state index < -0.39 is 5.82 Å². The number of amides is 1. The molecule has 3 nitrogen and oxygen atoms in total. The van der Waals surface area contributed by atoms with Gasteiger partial charge in [-0.1, -0.05) is 6.92 Å². The molecule has 94 valence electrons. The van der Waals surface area contributed by atoms with E-state index in [0.717, 1.165) is 11.3 Å². The lowest BCUT2D eigenvalue weighted by molar-refractivity contribution is 0.103. The molecule has 18 heavy (non-hydrogen) atoms. The lowest BCUT2D eigenvalue weighted by Crippen LogP contribution is -2.10. The first-order valence-electron chi connectivity index (χ1n) is 5.54. The molecule has 1 aromatic carbocycles. The number of aryl methyl sites for hydroxylation is 1. The Balaban J connectivity index is 2.15. The molecule has 0 saturated heterocycles. The monoisotopic (exact) mass is 264 g/mol. The zero-order valence-electron chi connectivity index (χ0n) is 9.87. The molecule has 3 N–H and O–H groups in total. The van der Waals surface area contributed by atoms with Crippen molar-refractivity contribution in [3.63, 3.8) is 0 Å². The Labute approximate surface area is 108 Å². The molecule has 0 aliphatic rings. The molecule has 0 bridgehead atoms. The van der Waals surface area contributed by atoms with Crippen LogP contribution in [0.25, 0.3) is 0 Å². The van der Waals surface area contributed by atoms with Gasteiger partial charge in [0.1, 0.15) is 5.82 Å². The molecule has 1 aromatic heterocycles. The van der Waals surface area contributed by atoms with Crippen LogP contribution in [0, 0.1) is 5.82 Å². The molecule has 0 unspecified atom stereocenters. The van der Waals surface area contributed by atoms with E-state index in [9.17, 15) is 9.18 Å². The number of benzene rings is 1. The zero-order chi connectivity index (χ0) is 13.1. The lowest BCUT2D eigenvalue weighted by Gasteiger charge is -2.04. The van der Waals surface area contributed by atoms with Crippen molar-refractivity contribution in [2.24, 2.45) is 0 Å². The highest BCUT2D eigenvalue weighted by atomic mass is 32.1. The van der Waals surface area contributed by atoms with Gasteiger partial charge in [0.15, 0.2) is 0 Å². The minimum Gasteiger partial charge on any atom is -0.399 e. The van der Waals surface area contributed by atoms with Crippen molar-refractivity contribution in [2.75, 3.05) is 11.1 Å². The number of anilines is 2. The maximum atomic E-state index is 13.1. The van der Waals surface area contributed by atoms with E-state index in [1.54, 1.807) is 6.07 Å². The van der Waals surface area contributed by atoms with E-state index in [-0.39, 0.29) is 11.6 Å². The molecule has 2 rings (SSSR count). The summed E-state index contributed by atoms with van der Waals surface area (Å²) in [6.07, 6.45) is 0.894. The second kappa shape index (κ2) is 5.18. The fourth-order valence-corrected chi connectivity index (χ4v) is 2.41. The third kappa shape index (κ3) is 2.87. The number of carbonyl (C=O) groups is 1. The van der Waals surface area contributed by atoms with Crippen molar-refractivity contribution in [2.45, 2.75) is 13.3 Å². The van der Waals surface area contributed by atoms with Crippen LogP contribution < -0.4 is 11.1 Å². The molecule has 0 aliphatic carbocycles.